The zero-order valence-corrected chi connectivity index (χ0v) is 8.63. The van der Waals surface area contributed by atoms with Gasteiger partial charge < -0.3 is 15.1 Å². The molecule has 0 heterocycles. The molecule has 88 valence electrons. The molecule has 0 aromatic rings. The molecule has 6 nitrogen and oxygen atoms in total. The Morgan fingerprint density at radius 3 is 1.88 bits per heavy atom. The van der Waals surface area contributed by atoms with E-state index in [-0.39, 0.29) is 5.92 Å². The van der Waals surface area contributed by atoms with Gasteiger partial charge in [-0.25, -0.2) is 0 Å². The predicted molar refractivity (Wildman–Crippen MR) is 53.7 cm³/mol. The molecule has 2 N–H and O–H groups in total. The van der Waals surface area contributed by atoms with Crippen molar-refractivity contribution in [1.82, 2.24) is 4.90 Å². The number of carbonyl (C=O) groups is 3. The third-order valence-electron chi connectivity index (χ3n) is 2.32. The van der Waals surface area contributed by atoms with Gasteiger partial charge in [-0.15, -0.1) is 0 Å². The van der Waals surface area contributed by atoms with Crippen LogP contribution in [0.3, 0.4) is 0 Å². The highest BCUT2D eigenvalue weighted by Crippen LogP contribution is 2.20. The number of rotatable bonds is 5. The quantitative estimate of drug-likeness (QED) is 0.642. The Morgan fingerprint density at radius 1 is 1.06 bits per heavy atom. The van der Waals surface area contributed by atoms with E-state index in [1.807, 2.05) is 12.2 Å². The van der Waals surface area contributed by atoms with E-state index in [0.717, 1.165) is 4.90 Å². The van der Waals surface area contributed by atoms with Crippen LogP contribution in [0.15, 0.2) is 12.2 Å². The van der Waals surface area contributed by atoms with Gasteiger partial charge in [0.15, 0.2) is 0 Å². The lowest BCUT2D eigenvalue weighted by atomic mass is 10.1. The number of amides is 1. The van der Waals surface area contributed by atoms with Crippen molar-refractivity contribution in [2.75, 3.05) is 13.1 Å². The van der Waals surface area contributed by atoms with Gasteiger partial charge in [0, 0.05) is 5.92 Å². The molecule has 0 unspecified atom stereocenters. The summed E-state index contributed by atoms with van der Waals surface area (Å²) in [5, 5.41) is 17.2. The smallest absolute Gasteiger partial charge is 0.323 e. The van der Waals surface area contributed by atoms with Crippen molar-refractivity contribution in [3.05, 3.63) is 12.2 Å². The molecule has 16 heavy (non-hydrogen) atoms. The number of aliphatic carboxylic acids is 2. The fourth-order valence-corrected chi connectivity index (χ4v) is 1.62. The van der Waals surface area contributed by atoms with Crippen LogP contribution in [0.2, 0.25) is 0 Å². The lowest BCUT2D eigenvalue weighted by Gasteiger charge is -2.21. The number of carboxylic acid groups (broad SMARTS) is 2. The number of carboxylic acids is 2. The van der Waals surface area contributed by atoms with Gasteiger partial charge >= 0.3 is 11.9 Å². The zero-order chi connectivity index (χ0) is 12.1. The third kappa shape index (κ3) is 3.38. The average molecular weight is 227 g/mol. The number of hydrogen-bond acceptors (Lipinski definition) is 3. The first-order valence-corrected chi connectivity index (χ1v) is 4.88. The molecule has 0 aliphatic heterocycles. The standard InChI is InChI=1S/C10H13NO5/c12-8(13)5-11(6-9(14)15)10(16)7-3-1-2-4-7/h1-2,7H,3-6H2,(H,12,13)(H,14,15). The van der Waals surface area contributed by atoms with Crippen LogP contribution in [0.4, 0.5) is 0 Å². The van der Waals surface area contributed by atoms with E-state index in [4.69, 9.17) is 10.2 Å². The van der Waals surface area contributed by atoms with Crippen molar-refractivity contribution in [3.8, 4) is 0 Å². The van der Waals surface area contributed by atoms with Crippen molar-refractivity contribution in [2.45, 2.75) is 12.8 Å². The second-order valence-electron chi connectivity index (χ2n) is 3.62. The summed E-state index contributed by atoms with van der Waals surface area (Å²) in [6, 6.07) is 0. The summed E-state index contributed by atoms with van der Waals surface area (Å²) in [5.74, 6) is -3.13. The van der Waals surface area contributed by atoms with E-state index in [9.17, 15) is 14.4 Å². The first kappa shape index (κ1) is 12.2. The van der Waals surface area contributed by atoms with Crippen LogP contribution < -0.4 is 0 Å². The first-order chi connectivity index (χ1) is 7.50. The van der Waals surface area contributed by atoms with Crippen molar-refractivity contribution >= 4 is 17.8 Å². The fraction of sp³-hybridized carbons (Fsp3) is 0.500. The average Bonchev–Trinajstić information content (AvgIpc) is 2.66. The minimum absolute atomic E-state index is 0.307. The Bertz CT molecular complexity index is 312. The lowest BCUT2D eigenvalue weighted by Crippen LogP contribution is -2.42. The van der Waals surface area contributed by atoms with E-state index in [0.29, 0.717) is 12.8 Å². The van der Waals surface area contributed by atoms with Crippen LogP contribution in [-0.4, -0.2) is 46.0 Å². The van der Waals surface area contributed by atoms with Crippen LogP contribution in [0.1, 0.15) is 12.8 Å². The van der Waals surface area contributed by atoms with E-state index in [2.05, 4.69) is 0 Å². The van der Waals surface area contributed by atoms with Crippen LogP contribution in [0.5, 0.6) is 0 Å². The van der Waals surface area contributed by atoms with Gasteiger partial charge in [0.1, 0.15) is 13.1 Å². The molecule has 6 heteroatoms. The molecule has 0 saturated heterocycles. The minimum atomic E-state index is -1.21. The van der Waals surface area contributed by atoms with E-state index in [1.54, 1.807) is 0 Å². The zero-order valence-electron chi connectivity index (χ0n) is 8.63. The topological polar surface area (TPSA) is 94.9 Å². The first-order valence-electron chi connectivity index (χ1n) is 4.88. The maximum absolute atomic E-state index is 11.8. The van der Waals surface area contributed by atoms with Crippen molar-refractivity contribution in [2.24, 2.45) is 5.92 Å². The molecule has 0 aromatic carbocycles. The van der Waals surface area contributed by atoms with Gasteiger partial charge in [0.25, 0.3) is 0 Å². The summed E-state index contributed by atoms with van der Waals surface area (Å²) in [6.07, 6.45) is 4.77. The molecule has 1 aliphatic carbocycles. The number of hydrogen-bond donors (Lipinski definition) is 2. The highest BCUT2D eigenvalue weighted by atomic mass is 16.4. The normalized spacial score (nSPS) is 15.0. The maximum Gasteiger partial charge on any atom is 0.323 e. The highest BCUT2D eigenvalue weighted by molar-refractivity contribution is 5.86. The van der Waals surface area contributed by atoms with Crippen molar-refractivity contribution in [1.29, 1.82) is 0 Å². The Labute approximate surface area is 92.2 Å². The van der Waals surface area contributed by atoms with Gasteiger partial charge in [0.2, 0.25) is 5.91 Å². The van der Waals surface area contributed by atoms with Crippen LogP contribution in [-0.2, 0) is 14.4 Å². The van der Waals surface area contributed by atoms with Gasteiger partial charge in [-0.05, 0) is 12.8 Å². The van der Waals surface area contributed by atoms with Crippen LogP contribution in [0, 0.1) is 5.92 Å². The van der Waals surface area contributed by atoms with Gasteiger partial charge in [0.05, 0.1) is 0 Å². The van der Waals surface area contributed by atoms with Gasteiger partial charge in [-0.2, -0.15) is 0 Å². The number of allylic oxidation sites excluding steroid dienone is 2. The molecule has 1 rings (SSSR count). The molecule has 0 fully saturated rings. The Kier molecular flexibility index (Phi) is 4.04. The SMILES string of the molecule is O=C(O)CN(CC(=O)O)C(=O)C1CC=CC1. The number of carbonyl (C=O) groups excluding carboxylic acids is 1. The van der Waals surface area contributed by atoms with E-state index in [1.165, 1.54) is 0 Å². The summed E-state index contributed by atoms with van der Waals surface area (Å²) >= 11 is 0. The highest BCUT2D eigenvalue weighted by Gasteiger charge is 2.27. The molecule has 0 aromatic heterocycles. The molecule has 1 aliphatic rings. The van der Waals surface area contributed by atoms with Crippen LogP contribution >= 0.6 is 0 Å². The predicted octanol–water partition coefficient (Wildman–Crippen LogP) is -0.0496. The molecule has 0 saturated carbocycles. The van der Waals surface area contributed by atoms with Crippen LogP contribution in [0.25, 0.3) is 0 Å². The summed E-state index contributed by atoms with van der Waals surface area (Å²) in [4.78, 5) is 33.7. The minimum Gasteiger partial charge on any atom is -0.480 e. The molecule has 0 radical (unpaired) electrons. The summed E-state index contributed by atoms with van der Waals surface area (Å²) in [6.45, 7) is -1.14. The second-order valence-corrected chi connectivity index (χ2v) is 3.62. The molecular weight excluding hydrogens is 214 g/mol. The van der Waals surface area contributed by atoms with Gasteiger partial charge in [-0.3, -0.25) is 14.4 Å². The molecule has 0 spiro atoms. The molecular formula is C10H13NO5. The Balaban J connectivity index is 2.62. The lowest BCUT2D eigenvalue weighted by molar-refractivity contribution is -0.151. The van der Waals surface area contributed by atoms with Crippen molar-refractivity contribution < 1.29 is 24.6 Å². The number of nitrogens with zero attached hydrogens (tertiary/aromatic N) is 1. The molecule has 0 atom stereocenters. The molecule has 0 bridgehead atoms. The Hall–Kier alpha value is -1.85. The van der Waals surface area contributed by atoms with Gasteiger partial charge in [-0.1, -0.05) is 12.2 Å². The third-order valence-corrected chi connectivity index (χ3v) is 2.32. The van der Waals surface area contributed by atoms with E-state index >= 15 is 0 Å². The Morgan fingerprint density at radius 2 is 1.50 bits per heavy atom. The maximum atomic E-state index is 11.8. The molecule has 1 amide bonds. The summed E-state index contributed by atoms with van der Waals surface area (Å²) in [5.41, 5.74) is 0. The van der Waals surface area contributed by atoms with Crippen molar-refractivity contribution in [3.63, 3.8) is 0 Å². The van der Waals surface area contributed by atoms with E-state index < -0.39 is 30.9 Å². The largest absolute Gasteiger partial charge is 0.480 e. The summed E-state index contributed by atoms with van der Waals surface area (Å²) in [7, 11) is 0. The fourth-order valence-electron chi connectivity index (χ4n) is 1.62. The summed E-state index contributed by atoms with van der Waals surface area (Å²) < 4.78 is 0. The monoisotopic (exact) mass is 227 g/mol. The second kappa shape index (κ2) is 5.29.